The molecular formula is C60H40BN6OPt-3. The van der Waals surface area contributed by atoms with Gasteiger partial charge in [-0.3, -0.25) is 0 Å². The summed E-state index contributed by atoms with van der Waals surface area (Å²) < 4.78 is 6.70. The van der Waals surface area contributed by atoms with Gasteiger partial charge in [0.2, 0.25) is 0 Å². The van der Waals surface area contributed by atoms with Gasteiger partial charge in [0.05, 0.1) is 0 Å². The van der Waals surface area contributed by atoms with Crippen LogP contribution in [0.5, 0.6) is 11.5 Å². The zero-order valence-electron chi connectivity index (χ0n) is 37.1. The van der Waals surface area contributed by atoms with Crippen molar-refractivity contribution in [3.63, 3.8) is 0 Å². The third-order valence-corrected chi connectivity index (χ3v) is 12.9. The minimum absolute atomic E-state index is 0. The molecule has 10 aromatic rings. The van der Waals surface area contributed by atoms with Crippen LogP contribution in [0.2, 0.25) is 0 Å². The first kappa shape index (κ1) is 42.1. The second kappa shape index (κ2) is 17.7. The number of para-hydroxylation sites is 7. The van der Waals surface area contributed by atoms with E-state index in [1.54, 1.807) is 0 Å². The molecule has 0 atom stereocenters. The van der Waals surface area contributed by atoms with Gasteiger partial charge in [-0.1, -0.05) is 115 Å². The standard InChI is InChI=1S/C60H40BN6O.Pt/c1-4-20-43(21-5-1)63-42-64(56-35-15-14-34-55(56)63)46-26-18-28-49(38-46)68-50-29-19-27-47(39-50)65(59-36-16-17-37-62-59)48-40-57-60-58(41-48)67(45-24-8-3-9-25-45)54-33-13-11-31-52(54)61(60)51-30-10-12-32-53(51)66(57)44-22-6-2-7-23-44;/h1-37,40-42H;/q-3;. The predicted molar refractivity (Wildman–Crippen MR) is 279 cm³/mol. The molecule has 3 aliphatic heterocycles. The summed E-state index contributed by atoms with van der Waals surface area (Å²) in [5.74, 6) is 1.87. The number of rotatable bonds is 9. The SMILES string of the molecule is [Pt].[c-]1c(Oc2[c-]c(N(c3cc4c5c(c3)N(c3ccccc3)c3ccccc3B5c3ccccc3N4c3ccccc3)c3ccccn3)ccc2)cccc1N1[CH-]N(c2ccccc2)c2ccccc21. The van der Waals surface area contributed by atoms with Crippen LogP contribution < -0.4 is 45.6 Å². The van der Waals surface area contributed by atoms with Crippen molar-refractivity contribution in [1.82, 2.24) is 4.98 Å². The number of anilines is 13. The van der Waals surface area contributed by atoms with Crippen LogP contribution in [0, 0.1) is 18.8 Å². The summed E-state index contributed by atoms with van der Waals surface area (Å²) in [6, 6.07) is 87.8. The third-order valence-electron chi connectivity index (χ3n) is 12.9. The molecule has 9 aromatic carbocycles. The fraction of sp³-hybridized carbons (Fsp3) is 0. The second-order valence-electron chi connectivity index (χ2n) is 16.9. The Morgan fingerprint density at radius 2 is 0.957 bits per heavy atom. The van der Waals surface area contributed by atoms with E-state index < -0.39 is 0 Å². The summed E-state index contributed by atoms with van der Waals surface area (Å²) in [7, 11) is 0. The molecule has 0 radical (unpaired) electrons. The van der Waals surface area contributed by atoms with Crippen molar-refractivity contribution in [2.75, 3.05) is 24.5 Å². The van der Waals surface area contributed by atoms with E-state index >= 15 is 0 Å². The van der Waals surface area contributed by atoms with E-state index in [9.17, 15) is 0 Å². The number of pyridine rings is 1. The number of hydrogen-bond acceptors (Lipinski definition) is 7. The van der Waals surface area contributed by atoms with Crippen molar-refractivity contribution < 1.29 is 25.8 Å². The zero-order valence-corrected chi connectivity index (χ0v) is 39.4. The minimum atomic E-state index is -0.00645. The van der Waals surface area contributed by atoms with E-state index in [0.717, 1.165) is 74.1 Å². The van der Waals surface area contributed by atoms with Gasteiger partial charge < -0.3 is 29.2 Å². The van der Waals surface area contributed by atoms with Crippen LogP contribution in [-0.2, 0) is 21.1 Å². The molecule has 3 aliphatic rings. The number of ether oxygens (including phenoxy) is 1. The predicted octanol–water partition coefficient (Wildman–Crippen LogP) is 13.4. The minimum Gasteiger partial charge on any atom is -0.509 e. The monoisotopic (exact) mass is 1070 g/mol. The molecule has 0 fully saturated rings. The summed E-state index contributed by atoms with van der Waals surface area (Å²) in [4.78, 5) is 16.4. The van der Waals surface area contributed by atoms with Crippen LogP contribution in [0.3, 0.4) is 0 Å². The Balaban J connectivity index is 0.00000492. The van der Waals surface area contributed by atoms with E-state index in [4.69, 9.17) is 9.72 Å². The van der Waals surface area contributed by atoms with Crippen molar-refractivity contribution in [3.05, 3.63) is 256 Å². The molecule has 0 bridgehead atoms. The largest absolute Gasteiger partial charge is 0.509 e. The van der Waals surface area contributed by atoms with Gasteiger partial charge in [0.1, 0.15) is 5.82 Å². The molecule has 7 nitrogen and oxygen atoms in total. The van der Waals surface area contributed by atoms with Gasteiger partial charge in [0.25, 0.3) is 6.71 Å². The first-order valence-corrected chi connectivity index (χ1v) is 22.8. The van der Waals surface area contributed by atoms with E-state index in [-0.39, 0.29) is 27.8 Å². The van der Waals surface area contributed by atoms with Gasteiger partial charge in [0, 0.05) is 95.6 Å². The molecule has 69 heavy (non-hydrogen) atoms. The van der Waals surface area contributed by atoms with Crippen molar-refractivity contribution in [2.24, 2.45) is 0 Å². The van der Waals surface area contributed by atoms with Crippen LogP contribution in [-0.4, -0.2) is 11.7 Å². The third kappa shape index (κ3) is 7.32. The van der Waals surface area contributed by atoms with Crippen molar-refractivity contribution in [2.45, 2.75) is 0 Å². The summed E-state index contributed by atoms with van der Waals surface area (Å²) in [6.45, 7) is 2.10. The maximum absolute atomic E-state index is 6.70. The summed E-state index contributed by atoms with van der Waals surface area (Å²) in [5, 5.41) is 0. The molecule has 9 heteroatoms. The van der Waals surface area contributed by atoms with Crippen molar-refractivity contribution in [1.29, 1.82) is 0 Å². The van der Waals surface area contributed by atoms with E-state index in [1.165, 1.54) is 16.4 Å². The average Bonchev–Trinajstić information content (AvgIpc) is 3.80. The summed E-state index contributed by atoms with van der Waals surface area (Å²) >= 11 is 0. The topological polar surface area (TPSA) is 38.3 Å². The zero-order chi connectivity index (χ0) is 45.0. The number of hydrogen-bond donors (Lipinski definition) is 0. The van der Waals surface area contributed by atoms with E-state index in [0.29, 0.717) is 11.5 Å². The molecule has 4 heterocycles. The van der Waals surface area contributed by atoms with Gasteiger partial charge in [-0.15, -0.1) is 48.8 Å². The maximum atomic E-state index is 6.70. The Morgan fingerprint density at radius 1 is 0.449 bits per heavy atom. The quantitative estimate of drug-likeness (QED) is 0.105. The molecule has 0 unspecified atom stereocenters. The van der Waals surface area contributed by atoms with Crippen LogP contribution in [0.4, 0.5) is 74.1 Å². The smallest absolute Gasteiger partial charge is 0.252 e. The Morgan fingerprint density at radius 3 is 1.55 bits per heavy atom. The van der Waals surface area contributed by atoms with Crippen molar-refractivity contribution >= 4 is 97.2 Å². The molecule has 1 aromatic heterocycles. The summed E-state index contributed by atoms with van der Waals surface area (Å²) in [5.41, 5.74) is 16.2. The molecule has 13 rings (SSSR count). The number of aromatic nitrogens is 1. The van der Waals surface area contributed by atoms with Gasteiger partial charge in [-0.25, -0.2) is 4.98 Å². The van der Waals surface area contributed by atoms with Crippen LogP contribution in [0.15, 0.2) is 237 Å². The van der Waals surface area contributed by atoms with Crippen LogP contribution in [0.25, 0.3) is 0 Å². The van der Waals surface area contributed by atoms with Gasteiger partial charge in [-0.2, -0.15) is 12.1 Å². The molecule has 0 aliphatic carbocycles. The Kier molecular flexibility index (Phi) is 10.8. The number of fused-ring (bicyclic) bond motifs is 5. The van der Waals surface area contributed by atoms with Crippen LogP contribution >= 0.6 is 0 Å². The molecular weight excluding hydrogens is 1030 g/mol. The average molecular weight is 1070 g/mol. The van der Waals surface area contributed by atoms with Gasteiger partial charge in [-0.05, 0) is 101 Å². The van der Waals surface area contributed by atoms with Crippen molar-refractivity contribution in [3.8, 4) is 11.5 Å². The van der Waals surface area contributed by atoms with Gasteiger partial charge >= 0.3 is 0 Å². The Labute approximate surface area is 417 Å². The molecule has 0 saturated carbocycles. The fourth-order valence-corrected chi connectivity index (χ4v) is 10.1. The second-order valence-corrected chi connectivity index (χ2v) is 16.9. The molecule has 0 N–H and O–H groups in total. The number of benzene rings is 9. The molecule has 0 amide bonds. The Hall–Kier alpha value is -8.32. The summed E-state index contributed by atoms with van der Waals surface area (Å²) in [6.07, 6.45) is 1.84. The van der Waals surface area contributed by atoms with E-state index in [2.05, 4.69) is 225 Å². The van der Waals surface area contributed by atoms with Crippen LogP contribution in [0.1, 0.15) is 0 Å². The molecule has 0 saturated heterocycles. The first-order chi connectivity index (χ1) is 33.7. The normalized spacial score (nSPS) is 12.9. The molecule has 0 spiro atoms. The Bertz CT molecular complexity index is 3360. The van der Waals surface area contributed by atoms with Gasteiger partial charge in [0.15, 0.2) is 0 Å². The first-order valence-electron chi connectivity index (χ1n) is 22.8. The van der Waals surface area contributed by atoms with E-state index in [1.807, 2.05) is 54.7 Å². The molecule has 332 valence electrons. The maximum Gasteiger partial charge on any atom is 0.252 e. The number of nitrogens with zero attached hydrogens (tertiary/aromatic N) is 6. The fourth-order valence-electron chi connectivity index (χ4n) is 10.1.